The third kappa shape index (κ3) is 3.22. The fraction of sp³-hybridized carbons (Fsp3) is 0.106. The van der Waals surface area contributed by atoms with E-state index < -0.39 is 0 Å². The lowest BCUT2D eigenvalue weighted by Crippen LogP contribution is -2.26. The highest BCUT2D eigenvalue weighted by molar-refractivity contribution is 7.26. The van der Waals surface area contributed by atoms with Gasteiger partial charge in [0.2, 0.25) is 0 Å². The Morgan fingerprint density at radius 2 is 1.49 bits per heavy atom. The monoisotopic (exact) mass is 641 g/mol. The van der Waals surface area contributed by atoms with E-state index in [-0.39, 0.29) is 5.41 Å². The number of nitrogens with zero attached hydrogens (tertiary/aromatic N) is 1. The fourth-order valence-corrected chi connectivity index (χ4v) is 11.5. The van der Waals surface area contributed by atoms with Crippen LogP contribution in [0.3, 0.4) is 0 Å². The van der Waals surface area contributed by atoms with Crippen LogP contribution in [-0.2, 0) is 5.41 Å². The van der Waals surface area contributed by atoms with E-state index in [0.717, 1.165) is 12.8 Å². The summed E-state index contributed by atoms with van der Waals surface area (Å²) < 4.78 is 2.65. The van der Waals surface area contributed by atoms with Gasteiger partial charge in [0.05, 0.1) is 11.1 Å². The normalized spacial score (nSPS) is 21.0. The minimum Gasteiger partial charge on any atom is -0.310 e. The third-order valence-electron chi connectivity index (χ3n) is 12.0. The van der Waals surface area contributed by atoms with Gasteiger partial charge in [-0.2, -0.15) is 0 Å². The lowest BCUT2D eigenvalue weighted by Gasteiger charge is -2.32. The number of hydrogen-bond acceptors (Lipinski definition) is 2. The molecule has 0 radical (unpaired) electrons. The maximum absolute atomic E-state index is 2.58. The van der Waals surface area contributed by atoms with Gasteiger partial charge < -0.3 is 4.90 Å². The minimum absolute atomic E-state index is 0.204. The van der Waals surface area contributed by atoms with Crippen molar-refractivity contribution in [1.82, 2.24) is 0 Å². The molecule has 230 valence electrons. The van der Waals surface area contributed by atoms with Gasteiger partial charge in [0.1, 0.15) is 0 Å². The molecule has 2 atom stereocenters. The fourth-order valence-electron chi connectivity index (χ4n) is 10.3. The summed E-state index contributed by atoms with van der Waals surface area (Å²) in [4.78, 5) is 2.54. The van der Waals surface area contributed by atoms with E-state index in [9.17, 15) is 0 Å². The van der Waals surface area contributed by atoms with Crippen molar-refractivity contribution in [1.29, 1.82) is 0 Å². The molecule has 0 bridgehead atoms. The molecule has 2 heteroatoms. The van der Waals surface area contributed by atoms with Crippen LogP contribution >= 0.6 is 11.3 Å². The van der Waals surface area contributed by atoms with E-state index in [2.05, 4.69) is 151 Å². The van der Waals surface area contributed by atoms with Crippen LogP contribution in [0.4, 0.5) is 17.1 Å². The maximum Gasteiger partial charge on any atom is 0.0694 e. The molecular weight excluding hydrogens is 611 g/mol. The second-order valence-electron chi connectivity index (χ2n) is 14.2. The molecule has 5 aliphatic carbocycles. The molecule has 0 amide bonds. The summed E-state index contributed by atoms with van der Waals surface area (Å²) >= 11 is 1.89. The Hall–Kier alpha value is -5.44. The van der Waals surface area contributed by atoms with Crippen molar-refractivity contribution in [3.05, 3.63) is 185 Å². The Morgan fingerprint density at radius 1 is 0.673 bits per heavy atom. The van der Waals surface area contributed by atoms with Crippen LogP contribution in [0.1, 0.15) is 41.5 Å². The average molecular weight is 642 g/mol. The molecule has 1 nitrogen and oxygen atoms in total. The first-order chi connectivity index (χ1) is 24.3. The number of thiophene rings is 1. The molecule has 6 aromatic carbocycles. The average Bonchev–Trinajstić information content (AvgIpc) is 3.87. The van der Waals surface area contributed by atoms with E-state index in [1.807, 2.05) is 11.3 Å². The van der Waals surface area contributed by atoms with Crippen LogP contribution in [0.15, 0.2) is 162 Å². The van der Waals surface area contributed by atoms with Gasteiger partial charge in [0.15, 0.2) is 0 Å². The van der Waals surface area contributed by atoms with E-state index >= 15 is 0 Å². The zero-order valence-electron chi connectivity index (χ0n) is 26.9. The summed E-state index contributed by atoms with van der Waals surface area (Å²) in [5, 5.41) is 5.16. The summed E-state index contributed by atoms with van der Waals surface area (Å²) in [5.41, 5.74) is 17.1. The number of allylic oxidation sites excluding steroid dienone is 8. The topological polar surface area (TPSA) is 3.24 Å². The van der Waals surface area contributed by atoms with Crippen molar-refractivity contribution < 1.29 is 0 Å². The molecule has 0 saturated carbocycles. The summed E-state index contributed by atoms with van der Waals surface area (Å²) in [6.07, 6.45) is 10.9. The Morgan fingerprint density at radius 3 is 2.47 bits per heavy atom. The molecule has 0 saturated heterocycles. The predicted molar refractivity (Wildman–Crippen MR) is 207 cm³/mol. The third-order valence-corrected chi connectivity index (χ3v) is 13.2. The quantitative estimate of drug-likeness (QED) is 0.186. The van der Waals surface area contributed by atoms with Gasteiger partial charge in [0.25, 0.3) is 0 Å². The zero-order chi connectivity index (χ0) is 31.8. The first-order valence-electron chi connectivity index (χ1n) is 17.6. The number of benzene rings is 6. The predicted octanol–water partition coefficient (Wildman–Crippen LogP) is 12.8. The lowest BCUT2D eigenvalue weighted by atomic mass is 9.70. The van der Waals surface area contributed by atoms with Crippen LogP contribution < -0.4 is 4.90 Å². The van der Waals surface area contributed by atoms with Crippen molar-refractivity contribution in [3.63, 3.8) is 0 Å². The summed E-state index contributed by atoms with van der Waals surface area (Å²) in [7, 11) is 0. The molecule has 7 aromatic rings. The Balaban J connectivity index is 1.18. The van der Waals surface area contributed by atoms with Crippen molar-refractivity contribution in [3.8, 4) is 0 Å². The SMILES string of the molecule is C1=CC2=C3C(C1)C1=C4C(=CCC1)c1ccc(N(c5ccc6ccccc6c5)c5cccc6sc7ccccc7c56)cc1C43c1ccccc12. The van der Waals surface area contributed by atoms with E-state index in [1.165, 1.54) is 87.8 Å². The zero-order valence-corrected chi connectivity index (χ0v) is 27.7. The number of hydrogen-bond donors (Lipinski definition) is 0. The van der Waals surface area contributed by atoms with Gasteiger partial charge >= 0.3 is 0 Å². The van der Waals surface area contributed by atoms with Gasteiger partial charge in [-0.1, -0.05) is 109 Å². The van der Waals surface area contributed by atoms with Crippen LogP contribution in [0.2, 0.25) is 0 Å². The van der Waals surface area contributed by atoms with Crippen LogP contribution in [0.25, 0.3) is 42.1 Å². The van der Waals surface area contributed by atoms with E-state index in [1.54, 1.807) is 16.7 Å². The van der Waals surface area contributed by atoms with Crippen LogP contribution in [0.5, 0.6) is 0 Å². The van der Waals surface area contributed by atoms with Gasteiger partial charge in [0, 0.05) is 37.5 Å². The number of rotatable bonds is 3. The molecule has 5 aliphatic rings. The molecule has 1 spiro atoms. The molecule has 1 heterocycles. The largest absolute Gasteiger partial charge is 0.310 e. The number of fused-ring (bicyclic) bond motifs is 9. The summed E-state index contributed by atoms with van der Waals surface area (Å²) in [5.74, 6) is 0.505. The van der Waals surface area contributed by atoms with E-state index in [4.69, 9.17) is 0 Å². The Bertz CT molecular complexity index is 2770. The van der Waals surface area contributed by atoms with Crippen molar-refractivity contribution >= 4 is 70.5 Å². The van der Waals surface area contributed by atoms with Gasteiger partial charge in [-0.05, 0) is 117 Å². The maximum atomic E-state index is 2.58. The van der Waals surface area contributed by atoms with Gasteiger partial charge in [-0.3, -0.25) is 0 Å². The molecule has 1 aromatic heterocycles. The number of anilines is 3. The summed E-state index contributed by atoms with van der Waals surface area (Å²) in [6.45, 7) is 0. The van der Waals surface area contributed by atoms with Crippen molar-refractivity contribution in [2.75, 3.05) is 4.90 Å². The van der Waals surface area contributed by atoms with Crippen LogP contribution in [0, 0.1) is 5.92 Å². The Kier molecular flexibility index (Phi) is 5.07. The van der Waals surface area contributed by atoms with Crippen molar-refractivity contribution in [2.45, 2.75) is 24.7 Å². The van der Waals surface area contributed by atoms with Crippen LogP contribution in [-0.4, -0.2) is 0 Å². The first kappa shape index (κ1) is 26.5. The first-order valence-corrected chi connectivity index (χ1v) is 18.4. The molecule has 0 fully saturated rings. The standard InChI is InChI=1S/C47H31NS/c1-2-11-29-26-30(23-22-28(29)10-1)48(41-19-9-21-43-44(41)38-13-4-6-20-42(38)49-43)31-24-25-33-35-15-8-17-37-36-16-7-14-34-32-12-3-5-18-39(32)47(45(34)36,46(35)37)40(33)27-31/h1-7,9-15,18-27,36H,8,16-17H2. The highest BCUT2D eigenvalue weighted by Gasteiger charge is 2.62. The summed E-state index contributed by atoms with van der Waals surface area (Å²) in [6, 6.07) is 48.2. The van der Waals surface area contributed by atoms with Gasteiger partial charge in [-0.15, -0.1) is 11.3 Å². The second kappa shape index (κ2) is 9.37. The molecule has 12 rings (SSSR count). The molecular formula is C47H31NS. The molecule has 49 heavy (non-hydrogen) atoms. The Labute approximate surface area is 289 Å². The molecule has 0 N–H and O–H groups in total. The van der Waals surface area contributed by atoms with E-state index in [0.29, 0.717) is 5.92 Å². The second-order valence-corrected chi connectivity index (χ2v) is 15.3. The molecule has 2 unspecified atom stereocenters. The highest BCUT2D eigenvalue weighted by Crippen LogP contribution is 2.72. The highest BCUT2D eigenvalue weighted by atomic mass is 32.1. The lowest BCUT2D eigenvalue weighted by molar-refractivity contribution is 0.658. The smallest absolute Gasteiger partial charge is 0.0694 e. The molecule has 0 aliphatic heterocycles. The van der Waals surface area contributed by atoms with Gasteiger partial charge in [-0.25, -0.2) is 0 Å². The minimum atomic E-state index is -0.204. The van der Waals surface area contributed by atoms with Crippen molar-refractivity contribution in [2.24, 2.45) is 5.92 Å².